The smallest absolute Gasteiger partial charge is 0.0355 e. The molecule has 112 valence electrons. The maximum absolute atomic E-state index is 6.13. The van der Waals surface area contributed by atoms with Gasteiger partial charge in [0, 0.05) is 31.7 Å². The van der Waals surface area contributed by atoms with Crippen LogP contribution in [-0.4, -0.2) is 48.1 Å². The first-order chi connectivity index (χ1) is 9.74. The highest BCUT2D eigenvalue weighted by molar-refractivity contribution is 5.14. The van der Waals surface area contributed by atoms with Crippen LogP contribution in [0.3, 0.4) is 0 Å². The van der Waals surface area contributed by atoms with Crippen LogP contribution < -0.4 is 5.73 Å². The maximum Gasteiger partial charge on any atom is 0.0355 e. The molecule has 2 rings (SSSR count). The second-order valence-corrected chi connectivity index (χ2v) is 5.86. The lowest BCUT2D eigenvalue weighted by Crippen LogP contribution is -2.59. The van der Waals surface area contributed by atoms with Gasteiger partial charge in [0.2, 0.25) is 0 Å². The van der Waals surface area contributed by atoms with Crippen LogP contribution in [0.1, 0.15) is 32.3 Å². The standard InChI is InChI=1S/C17H29N3/c1-3-20(4-2)17(15-18)10-12-19(13-11-17)14-16-8-6-5-7-9-16/h5-9H,3-4,10-15,18H2,1-2H3. The van der Waals surface area contributed by atoms with Crippen LogP contribution in [0.25, 0.3) is 0 Å². The first-order valence-electron chi connectivity index (χ1n) is 7.95. The van der Waals surface area contributed by atoms with Crippen LogP contribution in [-0.2, 0) is 6.54 Å². The lowest BCUT2D eigenvalue weighted by atomic mass is 9.85. The maximum atomic E-state index is 6.13. The van der Waals surface area contributed by atoms with E-state index in [0.29, 0.717) is 0 Å². The number of benzene rings is 1. The molecule has 1 aliphatic rings. The van der Waals surface area contributed by atoms with E-state index in [2.05, 4.69) is 54.0 Å². The van der Waals surface area contributed by atoms with E-state index in [-0.39, 0.29) is 5.54 Å². The van der Waals surface area contributed by atoms with Crippen LogP contribution in [0, 0.1) is 0 Å². The second kappa shape index (κ2) is 7.21. The molecule has 0 aliphatic carbocycles. The molecule has 0 radical (unpaired) electrons. The van der Waals surface area contributed by atoms with Crippen molar-refractivity contribution in [1.29, 1.82) is 0 Å². The summed E-state index contributed by atoms with van der Waals surface area (Å²) < 4.78 is 0. The molecule has 1 aliphatic heterocycles. The molecule has 0 aromatic heterocycles. The van der Waals surface area contributed by atoms with E-state index in [4.69, 9.17) is 5.73 Å². The molecule has 1 fully saturated rings. The van der Waals surface area contributed by atoms with Crippen LogP contribution in [0.15, 0.2) is 30.3 Å². The Hall–Kier alpha value is -0.900. The fraction of sp³-hybridized carbons (Fsp3) is 0.647. The van der Waals surface area contributed by atoms with Gasteiger partial charge in [-0.1, -0.05) is 44.2 Å². The van der Waals surface area contributed by atoms with Crippen molar-refractivity contribution in [3.8, 4) is 0 Å². The summed E-state index contributed by atoms with van der Waals surface area (Å²) in [5.74, 6) is 0. The molecule has 1 heterocycles. The largest absolute Gasteiger partial charge is 0.329 e. The Morgan fingerprint density at radius 2 is 1.70 bits per heavy atom. The zero-order chi connectivity index (χ0) is 14.4. The number of hydrogen-bond acceptors (Lipinski definition) is 3. The molecule has 0 spiro atoms. The summed E-state index contributed by atoms with van der Waals surface area (Å²) in [6.45, 7) is 10.9. The number of likely N-dealkylation sites (tertiary alicyclic amines) is 1. The van der Waals surface area contributed by atoms with Gasteiger partial charge in [0.25, 0.3) is 0 Å². The minimum absolute atomic E-state index is 0.233. The van der Waals surface area contributed by atoms with E-state index in [1.54, 1.807) is 0 Å². The van der Waals surface area contributed by atoms with E-state index in [1.807, 2.05) is 0 Å². The first kappa shape index (κ1) is 15.5. The average molecular weight is 275 g/mol. The second-order valence-electron chi connectivity index (χ2n) is 5.86. The molecule has 3 nitrogen and oxygen atoms in total. The fourth-order valence-corrected chi connectivity index (χ4v) is 3.51. The molecule has 3 heteroatoms. The lowest BCUT2D eigenvalue weighted by molar-refractivity contribution is 0.0314. The highest BCUT2D eigenvalue weighted by Gasteiger charge is 2.37. The van der Waals surface area contributed by atoms with Gasteiger partial charge in [-0.05, 0) is 31.5 Å². The van der Waals surface area contributed by atoms with Crippen LogP contribution in [0.5, 0.6) is 0 Å². The number of nitrogens with zero attached hydrogens (tertiary/aromatic N) is 2. The third kappa shape index (κ3) is 3.40. The minimum Gasteiger partial charge on any atom is -0.329 e. The van der Waals surface area contributed by atoms with Crippen molar-refractivity contribution in [2.75, 3.05) is 32.7 Å². The Morgan fingerprint density at radius 3 is 2.20 bits per heavy atom. The van der Waals surface area contributed by atoms with Gasteiger partial charge < -0.3 is 5.73 Å². The molecular formula is C17H29N3. The fourth-order valence-electron chi connectivity index (χ4n) is 3.51. The van der Waals surface area contributed by atoms with Crippen molar-refractivity contribution in [3.63, 3.8) is 0 Å². The summed E-state index contributed by atoms with van der Waals surface area (Å²) in [6, 6.07) is 10.8. The van der Waals surface area contributed by atoms with E-state index in [9.17, 15) is 0 Å². The highest BCUT2D eigenvalue weighted by Crippen LogP contribution is 2.28. The van der Waals surface area contributed by atoms with Crippen molar-refractivity contribution in [1.82, 2.24) is 9.80 Å². The van der Waals surface area contributed by atoms with Gasteiger partial charge in [0.15, 0.2) is 0 Å². The predicted octanol–water partition coefficient (Wildman–Crippen LogP) is 2.32. The Bertz CT molecular complexity index is 378. The average Bonchev–Trinajstić information content (AvgIpc) is 2.51. The number of nitrogens with two attached hydrogens (primary N) is 1. The highest BCUT2D eigenvalue weighted by atomic mass is 15.2. The minimum atomic E-state index is 0.233. The van der Waals surface area contributed by atoms with Gasteiger partial charge in [0.1, 0.15) is 0 Å². The van der Waals surface area contributed by atoms with Crippen molar-refractivity contribution in [2.24, 2.45) is 5.73 Å². The number of hydrogen-bond donors (Lipinski definition) is 1. The van der Waals surface area contributed by atoms with E-state index in [1.165, 1.54) is 18.4 Å². The van der Waals surface area contributed by atoms with Gasteiger partial charge in [-0.3, -0.25) is 9.80 Å². The van der Waals surface area contributed by atoms with Gasteiger partial charge in [-0.25, -0.2) is 0 Å². The summed E-state index contributed by atoms with van der Waals surface area (Å²) in [5, 5.41) is 0. The van der Waals surface area contributed by atoms with E-state index in [0.717, 1.165) is 39.3 Å². The molecule has 0 amide bonds. The number of rotatable bonds is 6. The van der Waals surface area contributed by atoms with Crippen LogP contribution >= 0.6 is 0 Å². The molecule has 0 atom stereocenters. The third-order valence-electron chi connectivity index (χ3n) is 4.85. The summed E-state index contributed by atoms with van der Waals surface area (Å²) >= 11 is 0. The number of piperidine rings is 1. The topological polar surface area (TPSA) is 32.5 Å². The molecule has 2 N–H and O–H groups in total. The SMILES string of the molecule is CCN(CC)C1(CN)CCN(Cc2ccccc2)CC1. The monoisotopic (exact) mass is 275 g/mol. The summed E-state index contributed by atoms with van der Waals surface area (Å²) in [7, 11) is 0. The van der Waals surface area contributed by atoms with Crippen molar-refractivity contribution in [3.05, 3.63) is 35.9 Å². The zero-order valence-electron chi connectivity index (χ0n) is 13.0. The van der Waals surface area contributed by atoms with E-state index < -0.39 is 0 Å². The Labute approximate surface area is 123 Å². The van der Waals surface area contributed by atoms with Crippen molar-refractivity contribution >= 4 is 0 Å². The first-order valence-corrected chi connectivity index (χ1v) is 7.95. The van der Waals surface area contributed by atoms with Crippen LogP contribution in [0.4, 0.5) is 0 Å². The molecular weight excluding hydrogens is 246 g/mol. The zero-order valence-corrected chi connectivity index (χ0v) is 13.0. The van der Waals surface area contributed by atoms with Gasteiger partial charge in [0.05, 0.1) is 0 Å². The van der Waals surface area contributed by atoms with Crippen molar-refractivity contribution < 1.29 is 0 Å². The molecule has 20 heavy (non-hydrogen) atoms. The molecule has 0 bridgehead atoms. The van der Waals surface area contributed by atoms with Gasteiger partial charge in [-0.15, -0.1) is 0 Å². The third-order valence-corrected chi connectivity index (χ3v) is 4.85. The lowest BCUT2D eigenvalue weighted by Gasteiger charge is -2.48. The summed E-state index contributed by atoms with van der Waals surface area (Å²) in [4.78, 5) is 5.12. The van der Waals surface area contributed by atoms with Gasteiger partial charge in [-0.2, -0.15) is 0 Å². The van der Waals surface area contributed by atoms with Crippen molar-refractivity contribution in [2.45, 2.75) is 38.8 Å². The Morgan fingerprint density at radius 1 is 1.10 bits per heavy atom. The molecule has 0 saturated carbocycles. The van der Waals surface area contributed by atoms with E-state index >= 15 is 0 Å². The quantitative estimate of drug-likeness (QED) is 0.865. The number of likely N-dealkylation sites (N-methyl/N-ethyl adjacent to an activating group) is 1. The molecule has 0 unspecified atom stereocenters. The predicted molar refractivity (Wildman–Crippen MR) is 85.7 cm³/mol. The molecule has 1 aromatic carbocycles. The summed E-state index contributed by atoms with van der Waals surface area (Å²) in [6.07, 6.45) is 2.38. The van der Waals surface area contributed by atoms with Crippen LogP contribution in [0.2, 0.25) is 0 Å². The molecule has 1 aromatic rings. The van der Waals surface area contributed by atoms with Gasteiger partial charge >= 0.3 is 0 Å². The normalized spacial score (nSPS) is 19.4. The summed E-state index contributed by atoms with van der Waals surface area (Å²) in [5.41, 5.74) is 7.77. The molecule has 1 saturated heterocycles. The Balaban J connectivity index is 1.93. The Kier molecular flexibility index (Phi) is 5.58.